The zero-order valence-electron chi connectivity index (χ0n) is 15.3. The van der Waals surface area contributed by atoms with Crippen LogP contribution >= 0.6 is 0 Å². The maximum atomic E-state index is 11.2. The highest BCUT2D eigenvalue weighted by atomic mass is 16.6. The Balaban J connectivity index is 1.71. The molecule has 2 aromatic rings. The summed E-state index contributed by atoms with van der Waals surface area (Å²) in [5.41, 5.74) is 1.33. The van der Waals surface area contributed by atoms with Crippen LogP contribution in [-0.2, 0) is 17.1 Å². The van der Waals surface area contributed by atoms with Gasteiger partial charge in [0.05, 0.1) is 18.1 Å². The van der Waals surface area contributed by atoms with Gasteiger partial charge in [0.1, 0.15) is 0 Å². The van der Waals surface area contributed by atoms with E-state index in [0.29, 0.717) is 17.2 Å². The lowest BCUT2D eigenvalue weighted by Gasteiger charge is -2.32. The van der Waals surface area contributed by atoms with E-state index in [1.54, 1.807) is 12.1 Å². The van der Waals surface area contributed by atoms with E-state index in [1.807, 2.05) is 30.3 Å². The van der Waals surface area contributed by atoms with Gasteiger partial charge >= 0.3 is 0 Å². The maximum absolute atomic E-state index is 11.2. The molecule has 1 unspecified atom stereocenters. The van der Waals surface area contributed by atoms with E-state index in [-0.39, 0.29) is 18.8 Å². The molecule has 6 nitrogen and oxygen atoms in total. The lowest BCUT2D eigenvalue weighted by molar-refractivity contribution is -0.385. The Kier molecular flexibility index (Phi) is 6.55. The summed E-state index contributed by atoms with van der Waals surface area (Å²) in [6.45, 7) is 0.357. The van der Waals surface area contributed by atoms with Crippen LogP contribution in [0, 0.1) is 10.1 Å². The number of nitrogens with one attached hydrogen (secondary N) is 1. The van der Waals surface area contributed by atoms with E-state index in [4.69, 9.17) is 4.74 Å². The number of nitro groups is 1. The second-order valence-corrected chi connectivity index (χ2v) is 7.08. The third-order valence-corrected chi connectivity index (χ3v) is 5.06. The average Bonchev–Trinajstić information content (AvgIpc) is 2.72. The van der Waals surface area contributed by atoms with Crippen molar-refractivity contribution in [3.63, 3.8) is 0 Å². The van der Waals surface area contributed by atoms with E-state index in [2.05, 4.69) is 5.32 Å². The molecule has 0 saturated heterocycles. The molecule has 144 valence electrons. The molecule has 27 heavy (non-hydrogen) atoms. The van der Waals surface area contributed by atoms with Gasteiger partial charge in [-0.05, 0) is 18.4 Å². The molecule has 0 bridgehead atoms. The minimum Gasteiger partial charge on any atom is -0.361 e. The molecule has 0 aliphatic heterocycles. The van der Waals surface area contributed by atoms with Crippen molar-refractivity contribution in [2.45, 2.75) is 50.5 Å². The average molecular weight is 370 g/mol. The topological polar surface area (TPSA) is 84.6 Å². The highest BCUT2D eigenvalue weighted by Gasteiger charge is 2.31. The van der Waals surface area contributed by atoms with Crippen molar-refractivity contribution >= 4 is 5.69 Å². The van der Waals surface area contributed by atoms with Gasteiger partial charge in [-0.2, -0.15) is 0 Å². The Bertz CT molecular complexity index is 747. The molecular formula is C21H26N2O4. The zero-order valence-corrected chi connectivity index (χ0v) is 15.3. The Morgan fingerprint density at radius 2 is 1.85 bits per heavy atom. The number of ether oxygens (including phenoxy) is 1. The summed E-state index contributed by atoms with van der Waals surface area (Å²) in [5, 5.41) is 25.6. The van der Waals surface area contributed by atoms with Crippen LogP contribution in [0.5, 0.6) is 0 Å². The van der Waals surface area contributed by atoms with Crippen LogP contribution in [-0.4, -0.2) is 22.6 Å². The van der Waals surface area contributed by atoms with Crippen LogP contribution in [0.1, 0.15) is 43.2 Å². The molecule has 1 atom stereocenters. The Hall–Kier alpha value is -2.28. The first-order valence-corrected chi connectivity index (χ1v) is 9.45. The molecular weight excluding hydrogens is 344 g/mol. The highest BCUT2D eigenvalue weighted by molar-refractivity contribution is 5.34. The Morgan fingerprint density at radius 3 is 2.56 bits per heavy atom. The van der Waals surface area contributed by atoms with Gasteiger partial charge in [-0.25, -0.2) is 0 Å². The molecule has 3 rings (SSSR count). The third kappa shape index (κ3) is 5.35. The quantitative estimate of drug-likeness (QED) is 0.418. The van der Waals surface area contributed by atoms with E-state index >= 15 is 0 Å². The minimum atomic E-state index is -1.50. The minimum absolute atomic E-state index is 0.0136. The molecule has 6 heteroatoms. The van der Waals surface area contributed by atoms with Crippen molar-refractivity contribution < 1.29 is 14.8 Å². The highest BCUT2D eigenvalue weighted by Crippen LogP contribution is 2.26. The number of non-ortho nitro benzene ring substituents is 1. The number of hydrogen-bond acceptors (Lipinski definition) is 5. The monoisotopic (exact) mass is 370 g/mol. The number of rotatable bonds is 8. The fourth-order valence-corrected chi connectivity index (χ4v) is 3.49. The largest absolute Gasteiger partial charge is 0.361 e. The summed E-state index contributed by atoms with van der Waals surface area (Å²) in [5.74, 6) is -1.50. The fourth-order valence-electron chi connectivity index (χ4n) is 3.49. The van der Waals surface area contributed by atoms with Crippen molar-refractivity contribution in [3.8, 4) is 0 Å². The molecule has 1 saturated carbocycles. The second-order valence-electron chi connectivity index (χ2n) is 7.08. The van der Waals surface area contributed by atoms with Crippen molar-refractivity contribution in [3.05, 3.63) is 75.8 Å². The lowest BCUT2D eigenvalue weighted by Crippen LogP contribution is -2.45. The maximum Gasteiger partial charge on any atom is 0.269 e. The van der Waals surface area contributed by atoms with Crippen LogP contribution in [0.2, 0.25) is 0 Å². The molecule has 0 heterocycles. The summed E-state index contributed by atoms with van der Waals surface area (Å²) < 4.78 is 5.90. The Morgan fingerprint density at radius 1 is 1.11 bits per heavy atom. The molecule has 1 fully saturated rings. The summed E-state index contributed by atoms with van der Waals surface area (Å²) >= 11 is 0. The standard InChI is InChI=1S/C21H26N2O4/c24-21(18-9-3-1-4-10-18,16-22-19-11-5-2-6-12-19)27-15-17-8-7-13-20(14-17)23(25)26/h1,3-4,7-10,13-14,19,22,24H,2,5-6,11-12,15-16H2. The molecule has 2 aromatic carbocycles. The van der Waals surface area contributed by atoms with Crippen LogP contribution in [0.25, 0.3) is 0 Å². The van der Waals surface area contributed by atoms with Gasteiger partial charge < -0.3 is 15.2 Å². The summed E-state index contributed by atoms with van der Waals surface area (Å²) in [4.78, 5) is 10.5. The molecule has 1 aliphatic rings. The van der Waals surface area contributed by atoms with Crippen molar-refractivity contribution in [1.29, 1.82) is 0 Å². The molecule has 0 amide bonds. The molecule has 0 radical (unpaired) electrons. The molecule has 0 aromatic heterocycles. The number of nitrogens with zero attached hydrogens (tertiary/aromatic N) is 1. The Labute approximate surface area is 159 Å². The molecule has 0 spiro atoms. The lowest BCUT2D eigenvalue weighted by atomic mass is 9.95. The van der Waals surface area contributed by atoms with Gasteiger partial charge in [0.2, 0.25) is 5.79 Å². The van der Waals surface area contributed by atoms with Crippen molar-refractivity contribution in [1.82, 2.24) is 5.32 Å². The summed E-state index contributed by atoms with van der Waals surface area (Å²) in [6, 6.07) is 15.9. The number of nitro benzene ring substituents is 1. The van der Waals surface area contributed by atoms with Gasteiger partial charge in [-0.3, -0.25) is 10.1 Å². The van der Waals surface area contributed by atoms with Crippen LogP contribution in [0.3, 0.4) is 0 Å². The van der Waals surface area contributed by atoms with Gasteiger partial charge in [-0.1, -0.05) is 61.7 Å². The predicted molar refractivity (Wildman–Crippen MR) is 103 cm³/mol. The van der Waals surface area contributed by atoms with Crippen LogP contribution in [0.4, 0.5) is 5.69 Å². The van der Waals surface area contributed by atoms with Gasteiger partial charge in [0, 0.05) is 23.7 Å². The van der Waals surface area contributed by atoms with E-state index in [9.17, 15) is 15.2 Å². The smallest absolute Gasteiger partial charge is 0.269 e. The van der Waals surface area contributed by atoms with Gasteiger partial charge in [0.15, 0.2) is 0 Å². The first-order valence-electron chi connectivity index (χ1n) is 9.45. The number of hydrogen-bond donors (Lipinski definition) is 2. The summed E-state index contributed by atoms with van der Waals surface area (Å²) in [7, 11) is 0. The van der Waals surface area contributed by atoms with Gasteiger partial charge in [-0.15, -0.1) is 0 Å². The molecule has 2 N–H and O–H groups in total. The fraction of sp³-hybridized carbons (Fsp3) is 0.429. The van der Waals surface area contributed by atoms with E-state index in [0.717, 1.165) is 12.8 Å². The number of benzene rings is 2. The number of aliphatic hydroxyl groups is 1. The third-order valence-electron chi connectivity index (χ3n) is 5.06. The molecule has 1 aliphatic carbocycles. The van der Waals surface area contributed by atoms with E-state index in [1.165, 1.54) is 31.4 Å². The van der Waals surface area contributed by atoms with Crippen LogP contribution < -0.4 is 5.32 Å². The second kappa shape index (κ2) is 9.08. The first-order chi connectivity index (χ1) is 13.1. The van der Waals surface area contributed by atoms with Crippen molar-refractivity contribution in [2.75, 3.05) is 6.54 Å². The normalized spacial score (nSPS) is 17.4. The van der Waals surface area contributed by atoms with E-state index < -0.39 is 10.7 Å². The SMILES string of the molecule is O=[N+]([O-])c1cccc(COC(O)(CNC2CCCCC2)c2ccccc2)c1. The van der Waals surface area contributed by atoms with Crippen LogP contribution in [0.15, 0.2) is 54.6 Å². The summed E-state index contributed by atoms with van der Waals surface area (Å²) in [6.07, 6.45) is 5.89. The zero-order chi connectivity index (χ0) is 19.1. The first kappa shape index (κ1) is 19.5. The van der Waals surface area contributed by atoms with Gasteiger partial charge in [0.25, 0.3) is 5.69 Å². The van der Waals surface area contributed by atoms with Crippen molar-refractivity contribution in [2.24, 2.45) is 0 Å². The predicted octanol–water partition coefficient (Wildman–Crippen LogP) is 3.88.